The Balaban J connectivity index is 3.30. The van der Waals surface area contributed by atoms with Crippen molar-refractivity contribution in [1.29, 1.82) is 0 Å². The molecule has 1 aromatic carbocycles. The van der Waals surface area contributed by atoms with Crippen molar-refractivity contribution in [2.75, 3.05) is 6.26 Å². The molecule has 0 aliphatic rings. The van der Waals surface area contributed by atoms with E-state index in [1.165, 1.54) is 19.9 Å². The van der Waals surface area contributed by atoms with Crippen molar-refractivity contribution in [3.63, 3.8) is 0 Å². The van der Waals surface area contributed by atoms with Gasteiger partial charge in [-0.1, -0.05) is 11.6 Å². The van der Waals surface area contributed by atoms with Gasteiger partial charge >= 0.3 is 0 Å². The lowest BCUT2D eigenvalue weighted by molar-refractivity contribution is 0.139. The van der Waals surface area contributed by atoms with Crippen LogP contribution < -0.4 is 0 Å². The van der Waals surface area contributed by atoms with Crippen LogP contribution in [0.2, 0.25) is 5.02 Å². The molecule has 0 aliphatic heterocycles. The monoisotopic (exact) mass is 280 g/mol. The van der Waals surface area contributed by atoms with Crippen molar-refractivity contribution in [3.05, 3.63) is 34.6 Å². The summed E-state index contributed by atoms with van der Waals surface area (Å²) in [6, 6.07) is 3.47. The lowest BCUT2D eigenvalue weighted by atomic mass is 9.98. The Kier molecular flexibility index (Phi) is 3.86. The van der Waals surface area contributed by atoms with Gasteiger partial charge < -0.3 is 5.11 Å². The van der Waals surface area contributed by atoms with Gasteiger partial charge in [0.1, 0.15) is 5.82 Å². The highest BCUT2D eigenvalue weighted by Gasteiger charge is 2.39. The smallest absolute Gasteiger partial charge is 0.155 e. The molecule has 0 saturated carbocycles. The fourth-order valence-electron chi connectivity index (χ4n) is 1.30. The van der Waals surface area contributed by atoms with E-state index in [1.807, 2.05) is 0 Å². The van der Waals surface area contributed by atoms with Crippen molar-refractivity contribution < 1.29 is 17.9 Å². The molecule has 0 aromatic heterocycles. The van der Waals surface area contributed by atoms with Crippen LogP contribution in [-0.4, -0.2) is 24.5 Å². The molecule has 6 heteroatoms. The minimum absolute atomic E-state index is 0.0714. The minimum atomic E-state index is -3.51. The van der Waals surface area contributed by atoms with E-state index in [-0.39, 0.29) is 10.6 Å². The fourth-order valence-corrected chi connectivity index (χ4v) is 2.05. The van der Waals surface area contributed by atoms with E-state index in [2.05, 4.69) is 0 Å². The van der Waals surface area contributed by atoms with Crippen molar-refractivity contribution in [2.45, 2.75) is 24.7 Å². The van der Waals surface area contributed by atoms with Crippen LogP contribution in [0.25, 0.3) is 0 Å². The number of aliphatic hydroxyl groups is 1. The van der Waals surface area contributed by atoms with E-state index in [4.69, 9.17) is 11.6 Å². The SMILES string of the molecule is CC(C)(C(O)c1cc(F)ccc1Cl)S(C)(=O)=O. The molecule has 3 nitrogen and oxygen atoms in total. The standard InChI is InChI=1S/C11H14ClFO3S/c1-11(2,17(3,15)16)10(14)8-6-7(13)4-5-9(8)12/h4-6,10,14H,1-3H3. The summed E-state index contributed by atoms with van der Waals surface area (Å²) < 4.78 is 34.8. The molecule has 0 amide bonds. The predicted molar refractivity (Wildman–Crippen MR) is 65.3 cm³/mol. The molecule has 17 heavy (non-hydrogen) atoms. The predicted octanol–water partition coefficient (Wildman–Crippen LogP) is 2.34. The largest absolute Gasteiger partial charge is 0.387 e. The average molecular weight is 281 g/mol. The molecule has 1 atom stereocenters. The summed E-state index contributed by atoms with van der Waals surface area (Å²) in [4.78, 5) is 0. The first-order chi connectivity index (χ1) is 7.57. The normalized spacial score (nSPS) is 14.7. The maximum atomic E-state index is 13.1. The van der Waals surface area contributed by atoms with Crippen LogP contribution in [0.4, 0.5) is 4.39 Å². The third kappa shape index (κ3) is 2.78. The number of hydrogen-bond acceptors (Lipinski definition) is 3. The zero-order valence-electron chi connectivity index (χ0n) is 9.74. The van der Waals surface area contributed by atoms with Crippen LogP contribution in [0, 0.1) is 5.82 Å². The lowest BCUT2D eigenvalue weighted by Crippen LogP contribution is -2.38. The number of hydrogen-bond donors (Lipinski definition) is 1. The zero-order chi connectivity index (χ0) is 13.4. The summed E-state index contributed by atoms with van der Waals surface area (Å²) in [6.45, 7) is 2.74. The van der Waals surface area contributed by atoms with E-state index in [0.717, 1.165) is 18.4 Å². The molecule has 0 radical (unpaired) electrons. The van der Waals surface area contributed by atoms with Gasteiger partial charge in [-0.25, -0.2) is 12.8 Å². The van der Waals surface area contributed by atoms with Gasteiger partial charge in [0.25, 0.3) is 0 Å². The van der Waals surface area contributed by atoms with E-state index in [9.17, 15) is 17.9 Å². The van der Waals surface area contributed by atoms with E-state index in [1.54, 1.807) is 0 Å². The second kappa shape index (κ2) is 4.55. The Hall–Kier alpha value is -0.650. The van der Waals surface area contributed by atoms with Crippen molar-refractivity contribution in [1.82, 2.24) is 0 Å². The van der Waals surface area contributed by atoms with Gasteiger partial charge in [-0.15, -0.1) is 0 Å². The molecule has 1 unspecified atom stereocenters. The second-order valence-corrected chi connectivity index (χ2v) is 7.45. The number of halogens is 2. The summed E-state index contributed by atoms with van der Waals surface area (Å²) in [5, 5.41) is 10.2. The first-order valence-electron chi connectivity index (χ1n) is 4.90. The van der Waals surface area contributed by atoms with Gasteiger partial charge in [0.2, 0.25) is 0 Å². The Morgan fingerprint density at radius 3 is 2.41 bits per heavy atom. The van der Waals surface area contributed by atoms with Gasteiger partial charge in [-0.3, -0.25) is 0 Å². The molecule has 1 aromatic rings. The maximum absolute atomic E-state index is 13.1. The van der Waals surface area contributed by atoms with Gasteiger partial charge in [-0.05, 0) is 32.0 Å². The first-order valence-corrected chi connectivity index (χ1v) is 7.17. The topological polar surface area (TPSA) is 54.4 Å². The third-order valence-corrected chi connectivity index (χ3v) is 5.35. The second-order valence-electron chi connectivity index (χ2n) is 4.44. The molecule has 96 valence electrons. The van der Waals surface area contributed by atoms with Gasteiger partial charge in [-0.2, -0.15) is 0 Å². The van der Waals surface area contributed by atoms with E-state index >= 15 is 0 Å². The molecular weight excluding hydrogens is 267 g/mol. The van der Waals surface area contributed by atoms with Gasteiger partial charge in [0.15, 0.2) is 9.84 Å². The number of rotatable bonds is 3. The molecular formula is C11H14ClFO3S. The molecule has 0 heterocycles. The van der Waals surface area contributed by atoms with Crippen LogP contribution in [0.15, 0.2) is 18.2 Å². The highest BCUT2D eigenvalue weighted by molar-refractivity contribution is 7.92. The van der Waals surface area contributed by atoms with Gasteiger partial charge in [0.05, 0.1) is 10.9 Å². The summed E-state index contributed by atoms with van der Waals surface area (Å²) in [6.07, 6.45) is -0.371. The maximum Gasteiger partial charge on any atom is 0.155 e. The zero-order valence-corrected chi connectivity index (χ0v) is 11.3. The minimum Gasteiger partial charge on any atom is -0.387 e. The Labute approximate surface area is 105 Å². The van der Waals surface area contributed by atoms with Gasteiger partial charge in [0, 0.05) is 16.8 Å². The molecule has 0 aliphatic carbocycles. The Morgan fingerprint density at radius 1 is 1.41 bits per heavy atom. The Morgan fingerprint density at radius 2 is 1.94 bits per heavy atom. The van der Waals surface area contributed by atoms with Crippen LogP contribution in [-0.2, 0) is 9.84 Å². The van der Waals surface area contributed by atoms with E-state index < -0.39 is 26.5 Å². The van der Waals surface area contributed by atoms with Crippen molar-refractivity contribution in [3.8, 4) is 0 Å². The Bertz CT molecular complexity index is 526. The number of aliphatic hydroxyl groups excluding tert-OH is 1. The van der Waals surface area contributed by atoms with E-state index in [0.29, 0.717) is 0 Å². The summed E-state index contributed by atoms with van der Waals surface area (Å²) in [7, 11) is -3.51. The highest BCUT2D eigenvalue weighted by Crippen LogP contribution is 2.35. The number of sulfone groups is 1. The van der Waals surface area contributed by atoms with Crippen LogP contribution in [0.5, 0.6) is 0 Å². The lowest BCUT2D eigenvalue weighted by Gasteiger charge is -2.29. The van der Waals surface area contributed by atoms with Crippen molar-refractivity contribution in [2.24, 2.45) is 0 Å². The molecule has 1 N–H and O–H groups in total. The summed E-state index contributed by atoms with van der Waals surface area (Å²) in [5.41, 5.74) is 0.0714. The molecule has 0 fully saturated rings. The highest BCUT2D eigenvalue weighted by atomic mass is 35.5. The molecule has 0 saturated heterocycles. The third-order valence-electron chi connectivity index (χ3n) is 2.87. The van der Waals surface area contributed by atoms with Crippen LogP contribution in [0.3, 0.4) is 0 Å². The average Bonchev–Trinajstić information content (AvgIpc) is 2.19. The first kappa shape index (κ1) is 14.4. The molecule has 0 spiro atoms. The number of benzene rings is 1. The summed E-state index contributed by atoms with van der Waals surface area (Å²) >= 11 is 5.83. The molecule has 1 rings (SSSR count). The van der Waals surface area contributed by atoms with Crippen LogP contribution >= 0.6 is 11.6 Å². The quantitative estimate of drug-likeness (QED) is 0.925. The van der Waals surface area contributed by atoms with Crippen molar-refractivity contribution >= 4 is 21.4 Å². The fraction of sp³-hybridized carbons (Fsp3) is 0.455. The molecule has 0 bridgehead atoms. The van der Waals surface area contributed by atoms with Crippen LogP contribution in [0.1, 0.15) is 25.5 Å². The summed E-state index contributed by atoms with van der Waals surface area (Å²) in [5.74, 6) is -0.576.